The van der Waals surface area contributed by atoms with Gasteiger partial charge < -0.3 is 0 Å². The summed E-state index contributed by atoms with van der Waals surface area (Å²) in [5, 5.41) is 2.77. The summed E-state index contributed by atoms with van der Waals surface area (Å²) < 4.78 is 0. The number of aryl methyl sites for hydroxylation is 1. The molecule has 0 aliphatic rings. The van der Waals surface area contributed by atoms with Crippen molar-refractivity contribution in [3.8, 4) is 0 Å². The number of hydrogen-bond acceptors (Lipinski definition) is 3. The monoisotopic (exact) mass is 150 g/mol. The Labute approximate surface area is 65.4 Å². The third-order valence-corrected chi connectivity index (χ3v) is 1.50. The molecule has 0 aromatic carbocycles. The Kier molecular flexibility index (Phi) is 2.72. The molecule has 1 rings (SSSR count). The highest BCUT2D eigenvalue weighted by Crippen LogP contribution is 2.01. The van der Waals surface area contributed by atoms with Gasteiger partial charge in [-0.05, 0) is 18.1 Å². The van der Waals surface area contributed by atoms with E-state index < -0.39 is 0 Å². The van der Waals surface area contributed by atoms with Crippen molar-refractivity contribution in [2.75, 3.05) is 0 Å². The molecule has 0 radical (unpaired) electrons. The van der Waals surface area contributed by atoms with E-state index in [-0.39, 0.29) is 6.54 Å². The summed E-state index contributed by atoms with van der Waals surface area (Å²) in [7, 11) is 0. The molecule has 0 N–H and O–H groups in total. The SMILES string of the molecule is CCc1ccc(CN=O)cn1. The van der Waals surface area contributed by atoms with Crippen molar-refractivity contribution in [1.82, 2.24) is 4.98 Å². The normalized spacial score (nSPS) is 9.55. The first-order valence-electron chi connectivity index (χ1n) is 3.59. The van der Waals surface area contributed by atoms with Crippen molar-refractivity contribution >= 4 is 0 Å². The Morgan fingerprint density at radius 2 is 2.36 bits per heavy atom. The molecule has 0 bridgehead atoms. The van der Waals surface area contributed by atoms with Gasteiger partial charge in [0.05, 0.1) is 0 Å². The van der Waals surface area contributed by atoms with Crippen LogP contribution in [0.15, 0.2) is 23.5 Å². The van der Waals surface area contributed by atoms with E-state index in [1.807, 2.05) is 19.1 Å². The molecule has 1 aromatic heterocycles. The van der Waals surface area contributed by atoms with Gasteiger partial charge in [0, 0.05) is 11.9 Å². The summed E-state index contributed by atoms with van der Waals surface area (Å²) in [5.41, 5.74) is 1.91. The molecule has 0 fully saturated rings. The van der Waals surface area contributed by atoms with E-state index in [0.717, 1.165) is 17.7 Å². The Balaban J connectivity index is 2.74. The Hall–Kier alpha value is -1.25. The molecule has 1 aromatic rings. The number of pyridine rings is 1. The largest absolute Gasteiger partial charge is 0.261 e. The number of nitroso groups, excluding NO2 is 1. The fourth-order valence-electron chi connectivity index (χ4n) is 0.832. The van der Waals surface area contributed by atoms with Crippen LogP contribution in [0.3, 0.4) is 0 Å². The molecule has 3 heteroatoms. The van der Waals surface area contributed by atoms with E-state index in [4.69, 9.17) is 0 Å². The van der Waals surface area contributed by atoms with Gasteiger partial charge in [0.15, 0.2) is 0 Å². The first-order chi connectivity index (χ1) is 5.36. The maximum Gasteiger partial charge on any atom is 0.108 e. The Morgan fingerprint density at radius 3 is 2.82 bits per heavy atom. The van der Waals surface area contributed by atoms with Crippen molar-refractivity contribution < 1.29 is 0 Å². The van der Waals surface area contributed by atoms with Crippen LogP contribution in [-0.4, -0.2) is 4.98 Å². The lowest BCUT2D eigenvalue weighted by Crippen LogP contribution is -1.88. The minimum Gasteiger partial charge on any atom is -0.261 e. The highest BCUT2D eigenvalue weighted by molar-refractivity contribution is 5.13. The quantitative estimate of drug-likeness (QED) is 0.617. The third-order valence-electron chi connectivity index (χ3n) is 1.50. The van der Waals surface area contributed by atoms with Gasteiger partial charge in [0.1, 0.15) is 6.54 Å². The number of hydrogen-bond donors (Lipinski definition) is 0. The fourth-order valence-corrected chi connectivity index (χ4v) is 0.832. The molecule has 0 atom stereocenters. The minimum atomic E-state index is 0.219. The maximum absolute atomic E-state index is 9.85. The molecule has 0 aliphatic heterocycles. The molecule has 0 spiro atoms. The topological polar surface area (TPSA) is 42.3 Å². The predicted molar refractivity (Wildman–Crippen MR) is 43.1 cm³/mol. The number of rotatable bonds is 3. The molecular weight excluding hydrogens is 140 g/mol. The minimum absolute atomic E-state index is 0.219. The summed E-state index contributed by atoms with van der Waals surface area (Å²) in [5.74, 6) is 0. The zero-order chi connectivity index (χ0) is 8.10. The van der Waals surface area contributed by atoms with E-state index in [1.54, 1.807) is 6.20 Å². The van der Waals surface area contributed by atoms with Crippen LogP contribution in [0.4, 0.5) is 0 Å². The second kappa shape index (κ2) is 3.81. The first kappa shape index (κ1) is 7.85. The Bertz CT molecular complexity index is 230. The lowest BCUT2D eigenvalue weighted by molar-refractivity contribution is 0.984. The summed E-state index contributed by atoms with van der Waals surface area (Å²) in [6, 6.07) is 3.80. The molecule has 0 saturated heterocycles. The van der Waals surface area contributed by atoms with E-state index in [1.165, 1.54) is 0 Å². The van der Waals surface area contributed by atoms with Crippen LogP contribution in [0, 0.1) is 4.91 Å². The maximum atomic E-state index is 9.85. The van der Waals surface area contributed by atoms with Gasteiger partial charge in [0.25, 0.3) is 0 Å². The second-order valence-corrected chi connectivity index (χ2v) is 2.30. The summed E-state index contributed by atoms with van der Waals surface area (Å²) in [4.78, 5) is 14.0. The van der Waals surface area contributed by atoms with Crippen molar-refractivity contribution in [3.63, 3.8) is 0 Å². The predicted octanol–water partition coefficient (Wildman–Crippen LogP) is 1.91. The van der Waals surface area contributed by atoms with Gasteiger partial charge >= 0.3 is 0 Å². The van der Waals surface area contributed by atoms with Crippen molar-refractivity contribution in [3.05, 3.63) is 34.5 Å². The zero-order valence-electron chi connectivity index (χ0n) is 6.45. The summed E-state index contributed by atoms with van der Waals surface area (Å²) >= 11 is 0. The standard InChI is InChI=1S/C8H10N2O/c1-2-8-4-3-7(5-9-8)6-10-11/h3-5H,2,6H2,1H3. The molecule has 0 aliphatic carbocycles. The molecule has 1 heterocycles. The third kappa shape index (κ3) is 2.11. The van der Waals surface area contributed by atoms with Crippen LogP contribution >= 0.6 is 0 Å². The van der Waals surface area contributed by atoms with E-state index >= 15 is 0 Å². The molecular formula is C8H10N2O. The van der Waals surface area contributed by atoms with Gasteiger partial charge in [-0.1, -0.05) is 18.2 Å². The summed E-state index contributed by atoms with van der Waals surface area (Å²) in [6.45, 7) is 2.26. The molecule has 3 nitrogen and oxygen atoms in total. The lowest BCUT2D eigenvalue weighted by Gasteiger charge is -1.95. The Morgan fingerprint density at radius 1 is 1.55 bits per heavy atom. The average Bonchev–Trinajstić information content (AvgIpc) is 2.07. The number of nitrogens with zero attached hydrogens (tertiary/aromatic N) is 2. The van der Waals surface area contributed by atoms with Crippen molar-refractivity contribution in [2.45, 2.75) is 19.9 Å². The molecule has 0 saturated carbocycles. The van der Waals surface area contributed by atoms with E-state index in [9.17, 15) is 4.91 Å². The molecule has 58 valence electrons. The van der Waals surface area contributed by atoms with E-state index in [2.05, 4.69) is 10.2 Å². The zero-order valence-corrected chi connectivity index (χ0v) is 6.45. The summed E-state index contributed by atoms with van der Waals surface area (Å²) in [6.07, 6.45) is 2.62. The highest BCUT2D eigenvalue weighted by Gasteiger charge is 1.92. The van der Waals surface area contributed by atoms with Crippen LogP contribution in [0.5, 0.6) is 0 Å². The van der Waals surface area contributed by atoms with Gasteiger partial charge in [-0.2, -0.15) is 4.91 Å². The lowest BCUT2D eigenvalue weighted by atomic mass is 10.2. The van der Waals surface area contributed by atoms with Crippen molar-refractivity contribution in [2.24, 2.45) is 5.18 Å². The van der Waals surface area contributed by atoms with Crippen molar-refractivity contribution in [1.29, 1.82) is 0 Å². The fraction of sp³-hybridized carbons (Fsp3) is 0.375. The average molecular weight is 150 g/mol. The smallest absolute Gasteiger partial charge is 0.108 e. The van der Waals surface area contributed by atoms with Crippen LogP contribution in [0.25, 0.3) is 0 Å². The molecule has 0 amide bonds. The van der Waals surface area contributed by atoms with Gasteiger partial charge in [-0.3, -0.25) is 4.98 Å². The highest BCUT2D eigenvalue weighted by atomic mass is 16.3. The molecule has 0 unspecified atom stereocenters. The molecule has 11 heavy (non-hydrogen) atoms. The first-order valence-corrected chi connectivity index (χ1v) is 3.59. The van der Waals surface area contributed by atoms with Crippen LogP contribution < -0.4 is 0 Å². The van der Waals surface area contributed by atoms with Crippen LogP contribution in [0.2, 0.25) is 0 Å². The van der Waals surface area contributed by atoms with Gasteiger partial charge in [-0.25, -0.2) is 0 Å². The van der Waals surface area contributed by atoms with E-state index in [0.29, 0.717) is 0 Å². The van der Waals surface area contributed by atoms with Crippen LogP contribution in [0.1, 0.15) is 18.2 Å². The second-order valence-electron chi connectivity index (χ2n) is 2.30. The van der Waals surface area contributed by atoms with Crippen LogP contribution in [-0.2, 0) is 13.0 Å². The number of aromatic nitrogens is 1. The van der Waals surface area contributed by atoms with Gasteiger partial charge in [-0.15, -0.1) is 0 Å². The van der Waals surface area contributed by atoms with Gasteiger partial charge in [0.2, 0.25) is 0 Å².